The lowest BCUT2D eigenvalue weighted by molar-refractivity contribution is -0.144. The van der Waals surface area contributed by atoms with Crippen LogP contribution >= 0.6 is 0 Å². The molecule has 4 bridgehead atoms. The molecule has 1 unspecified atom stereocenters. The Hall–Kier alpha value is -5.44. The Bertz CT molecular complexity index is 1700. The predicted octanol–water partition coefficient (Wildman–Crippen LogP) is 2.14. The number of ketones is 1. The van der Waals surface area contributed by atoms with E-state index in [9.17, 15) is 38.7 Å². The molecule has 3 aliphatic rings. The van der Waals surface area contributed by atoms with E-state index in [4.69, 9.17) is 9.47 Å². The van der Waals surface area contributed by atoms with Crippen molar-refractivity contribution in [2.45, 2.75) is 95.3 Å². The lowest BCUT2D eigenvalue weighted by atomic mass is 9.83. The number of carbonyl (C=O) groups excluding carboxylic acids is 6. The standard InChI is InChI=1S/C40H49N5O10/c1-2-11-30(36(48)38(50)41-23-33(47)44-35(40(52)53)27-15-7-4-8-16-27)42-37(49)31-22-29-24-45(31)39(51)34(26-13-5-3-6-14-26)43-32(46)21-25-12-9-17-28(20-25)54-18-10-19-55-29/h4,7-9,12,15-17,20,26,30-31,34-35H,2-3,5-6,10-11,13-14,18-19,21-24H2,1H3,(H4-,41,42,43,44,46,47,49,50,52,53)/p+1/t30?,31-,34-,35-/m0/s1. The minimum absolute atomic E-state index is 0.0121. The van der Waals surface area contributed by atoms with Crippen molar-refractivity contribution < 1.29 is 48.1 Å². The third kappa shape index (κ3) is 11.3. The Kier molecular flexibility index (Phi) is 14.6. The van der Waals surface area contributed by atoms with Gasteiger partial charge in [-0.15, -0.1) is 0 Å². The van der Waals surface area contributed by atoms with Crippen LogP contribution in [0.1, 0.15) is 81.9 Å². The summed E-state index contributed by atoms with van der Waals surface area (Å²) in [7, 11) is 0. The summed E-state index contributed by atoms with van der Waals surface area (Å²) in [6.45, 7) is 1.72. The lowest BCUT2D eigenvalue weighted by Crippen LogP contribution is -2.58. The number of rotatable bonds is 12. The molecule has 1 saturated heterocycles. The first-order valence-corrected chi connectivity index (χ1v) is 19.0. The molecule has 4 atom stereocenters. The molecule has 294 valence electrons. The lowest BCUT2D eigenvalue weighted by Gasteiger charge is -2.33. The topological polar surface area (TPSA) is 210 Å². The number of carbonyl (C=O) groups is 7. The molecule has 0 spiro atoms. The second kappa shape index (κ2) is 19.8. The molecule has 55 heavy (non-hydrogen) atoms. The summed E-state index contributed by atoms with van der Waals surface area (Å²) in [5.74, 6) is -5.21. The monoisotopic (exact) mass is 760 g/mol. The number of hydrogen-bond donors (Lipinski definition) is 5. The summed E-state index contributed by atoms with van der Waals surface area (Å²) in [6.07, 6.45) is 5.93. The molecule has 5 N–H and O–H groups in total. The normalized spacial score (nSPS) is 20.7. The number of benzene rings is 2. The SMILES string of the molecule is CCCC(NC(=O)[C@@H]1C[C+]2CN1C(=O)[C@H](C1CCCCC1)NC(=O)Cc1cccc(c1)OCCCO2)C(=O)C(=O)NCC(=O)N[C@H](C(=O)O)c1ccccc1. The van der Waals surface area contributed by atoms with Crippen molar-refractivity contribution in [1.82, 2.24) is 26.2 Å². The first-order chi connectivity index (χ1) is 26.5. The first-order valence-electron chi connectivity index (χ1n) is 19.0. The number of aliphatic carboxylic acids is 1. The Morgan fingerprint density at radius 2 is 1.73 bits per heavy atom. The second-order valence-corrected chi connectivity index (χ2v) is 14.2. The molecule has 1 aliphatic carbocycles. The van der Waals surface area contributed by atoms with Crippen LogP contribution in [0.4, 0.5) is 0 Å². The van der Waals surface area contributed by atoms with Crippen LogP contribution in [0.5, 0.6) is 5.75 Å². The Labute approximate surface area is 320 Å². The van der Waals surface area contributed by atoms with Gasteiger partial charge in [-0.25, -0.2) is 4.79 Å². The van der Waals surface area contributed by atoms with Crippen molar-refractivity contribution in [1.29, 1.82) is 0 Å². The number of ether oxygens (including phenoxy) is 2. The van der Waals surface area contributed by atoms with Crippen LogP contribution in [0.2, 0.25) is 0 Å². The van der Waals surface area contributed by atoms with E-state index in [2.05, 4.69) is 21.3 Å². The van der Waals surface area contributed by atoms with E-state index < -0.39 is 66.1 Å². The van der Waals surface area contributed by atoms with Gasteiger partial charge in [-0.2, -0.15) is 4.74 Å². The number of fused-ring (bicyclic) bond motifs is 4. The summed E-state index contributed by atoms with van der Waals surface area (Å²) in [5.41, 5.74) is 1.05. The van der Waals surface area contributed by atoms with Crippen molar-refractivity contribution in [2.24, 2.45) is 5.92 Å². The highest BCUT2D eigenvalue weighted by molar-refractivity contribution is 6.38. The van der Waals surface area contributed by atoms with E-state index >= 15 is 0 Å². The summed E-state index contributed by atoms with van der Waals surface area (Å²) < 4.78 is 11.9. The molecule has 2 aromatic rings. The number of nitrogens with one attached hydrogen (secondary N) is 4. The number of nitrogens with zero attached hydrogens (tertiary/aromatic N) is 1. The van der Waals surface area contributed by atoms with E-state index in [0.717, 1.165) is 37.7 Å². The largest absolute Gasteiger partial charge is 0.493 e. The van der Waals surface area contributed by atoms with Gasteiger partial charge in [0.15, 0.2) is 25.0 Å². The van der Waals surface area contributed by atoms with Gasteiger partial charge >= 0.3 is 5.97 Å². The molecule has 15 nitrogen and oxygen atoms in total. The third-order valence-corrected chi connectivity index (χ3v) is 10.1. The minimum atomic E-state index is -1.37. The van der Waals surface area contributed by atoms with Crippen molar-refractivity contribution in [2.75, 3.05) is 26.3 Å². The fourth-order valence-corrected chi connectivity index (χ4v) is 7.29. The van der Waals surface area contributed by atoms with Crippen LogP contribution < -0.4 is 26.0 Å². The van der Waals surface area contributed by atoms with E-state index in [1.807, 2.05) is 18.2 Å². The summed E-state index contributed by atoms with van der Waals surface area (Å²) in [5, 5.41) is 19.8. The van der Waals surface area contributed by atoms with Crippen molar-refractivity contribution >= 4 is 41.3 Å². The van der Waals surface area contributed by atoms with Gasteiger partial charge in [-0.05, 0) is 48.4 Å². The molecule has 0 radical (unpaired) electrons. The molecule has 2 heterocycles. The van der Waals surface area contributed by atoms with Gasteiger partial charge in [0.2, 0.25) is 29.4 Å². The Balaban J connectivity index is 1.28. The highest BCUT2D eigenvalue weighted by atomic mass is 16.5. The maximum absolute atomic E-state index is 14.5. The fourth-order valence-electron chi connectivity index (χ4n) is 7.29. The van der Waals surface area contributed by atoms with Gasteiger partial charge < -0.3 is 31.1 Å². The van der Waals surface area contributed by atoms with Crippen molar-refractivity contribution in [3.05, 3.63) is 71.8 Å². The molecule has 5 rings (SSSR count). The number of amides is 5. The number of carboxylic acids is 1. The average molecular weight is 761 g/mol. The van der Waals surface area contributed by atoms with Crippen LogP contribution in [0.15, 0.2) is 54.6 Å². The number of carboxylic acid groups (broad SMARTS) is 1. The van der Waals surface area contributed by atoms with Crippen molar-refractivity contribution in [3.8, 4) is 5.75 Å². The Morgan fingerprint density at radius 3 is 2.45 bits per heavy atom. The maximum Gasteiger partial charge on any atom is 0.330 e. The summed E-state index contributed by atoms with van der Waals surface area (Å²) >= 11 is 0. The highest BCUT2D eigenvalue weighted by Gasteiger charge is 2.51. The molecular formula is C40H50N5O10+. The Morgan fingerprint density at radius 1 is 0.964 bits per heavy atom. The molecule has 2 aliphatic heterocycles. The predicted molar refractivity (Wildman–Crippen MR) is 198 cm³/mol. The zero-order chi connectivity index (χ0) is 39.3. The summed E-state index contributed by atoms with van der Waals surface area (Å²) in [4.78, 5) is 94.1. The van der Waals surface area contributed by atoms with Gasteiger partial charge in [0.05, 0.1) is 25.6 Å². The van der Waals surface area contributed by atoms with Gasteiger partial charge in [-0.3, -0.25) is 33.7 Å². The molecule has 1 saturated carbocycles. The zero-order valence-electron chi connectivity index (χ0n) is 31.1. The van der Waals surface area contributed by atoms with Gasteiger partial charge in [-0.1, -0.05) is 75.1 Å². The van der Waals surface area contributed by atoms with E-state index in [1.54, 1.807) is 31.2 Å². The highest BCUT2D eigenvalue weighted by Crippen LogP contribution is 2.32. The van der Waals surface area contributed by atoms with Crippen LogP contribution in [0.25, 0.3) is 0 Å². The van der Waals surface area contributed by atoms with Gasteiger partial charge in [0.1, 0.15) is 18.4 Å². The average Bonchev–Trinajstić information content (AvgIpc) is 3.62. The third-order valence-electron chi connectivity index (χ3n) is 10.1. The van der Waals surface area contributed by atoms with Gasteiger partial charge in [0.25, 0.3) is 12.0 Å². The number of hydrogen-bond acceptors (Lipinski definition) is 9. The quantitative estimate of drug-likeness (QED) is 0.157. The summed E-state index contributed by atoms with van der Waals surface area (Å²) in [6, 6.07) is 10.6. The molecule has 0 aromatic heterocycles. The van der Waals surface area contributed by atoms with Crippen LogP contribution in [0.3, 0.4) is 0 Å². The van der Waals surface area contributed by atoms with Crippen LogP contribution in [0, 0.1) is 12.0 Å². The maximum atomic E-state index is 14.5. The van der Waals surface area contributed by atoms with Crippen LogP contribution in [-0.2, 0) is 44.7 Å². The van der Waals surface area contributed by atoms with Crippen molar-refractivity contribution in [3.63, 3.8) is 0 Å². The molecule has 2 aromatic carbocycles. The minimum Gasteiger partial charge on any atom is -0.493 e. The number of Topliss-reactive ketones (excluding diaryl/α,β-unsaturated/α-hetero) is 1. The second-order valence-electron chi connectivity index (χ2n) is 14.2. The van der Waals surface area contributed by atoms with E-state index in [0.29, 0.717) is 36.9 Å². The fraction of sp³-hybridized carbons (Fsp3) is 0.500. The molecular weight excluding hydrogens is 710 g/mol. The smallest absolute Gasteiger partial charge is 0.330 e. The molecule has 5 amide bonds. The van der Waals surface area contributed by atoms with Gasteiger partial charge in [0, 0.05) is 6.42 Å². The first kappa shape index (κ1) is 40.7. The molecule has 2 fully saturated rings. The van der Waals surface area contributed by atoms with E-state index in [1.165, 1.54) is 17.0 Å². The zero-order valence-corrected chi connectivity index (χ0v) is 31.1. The van der Waals surface area contributed by atoms with Crippen LogP contribution in [-0.4, -0.2) is 95.7 Å². The van der Waals surface area contributed by atoms with E-state index in [-0.39, 0.29) is 44.2 Å². The molecule has 15 heteroatoms.